The van der Waals surface area contributed by atoms with E-state index in [9.17, 15) is 18.0 Å². The Labute approximate surface area is 151 Å². The molecule has 0 saturated carbocycles. The van der Waals surface area contributed by atoms with E-state index in [0.717, 1.165) is 27.1 Å². The molecule has 2 atom stereocenters. The summed E-state index contributed by atoms with van der Waals surface area (Å²) in [6.07, 6.45) is -5.08. The van der Waals surface area contributed by atoms with Gasteiger partial charge in [0.2, 0.25) is 0 Å². The van der Waals surface area contributed by atoms with Gasteiger partial charge in [-0.3, -0.25) is 0 Å². The van der Waals surface area contributed by atoms with Crippen LogP contribution in [0.15, 0.2) is 66.7 Å². The number of thiophene rings is 1. The number of halogens is 3. The van der Waals surface area contributed by atoms with Gasteiger partial charge in [-0.15, -0.1) is 11.3 Å². The van der Waals surface area contributed by atoms with Crippen LogP contribution in [0, 0.1) is 0 Å². The molecule has 1 saturated heterocycles. The molecule has 2 nitrogen and oxygen atoms in total. The third kappa shape index (κ3) is 2.80. The van der Waals surface area contributed by atoms with Crippen molar-refractivity contribution >= 4 is 27.4 Å². The van der Waals surface area contributed by atoms with Crippen molar-refractivity contribution in [3.8, 4) is 0 Å². The molecule has 132 valence electrons. The highest BCUT2D eigenvalue weighted by molar-refractivity contribution is 7.19. The minimum absolute atomic E-state index is 0.321. The Morgan fingerprint density at radius 1 is 1.04 bits per heavy atom. The first-order chi connectivity index (χ1) is 12.3. The van der Waals surface area contributed by atoms with E-state index in [-0.39, 0.29) is 0 Å². The Morgan fingerprint density at radius 2 is 1.73 bits per heavy atom. The standard InChI is InChI=1S/C20H13F3O2S/c1-11-17(16-10-13-4-2-3-5-15(13)26-16)18(25-19(11)24)12-6-8-14(9-7-12)20(21,22)23/h2-10,17-18H,1H2. The zero-order chi connectivity index (χ0) is 18.5. The van der Waals surface area contributed by atoms with Crippen molar-refractivity contribution in [2.24, 2.45) is 0 Å². The van der Waals surface area contributed by atoms with Crippen LogP contribution in [-0.4, -0.2) is 5.97 Å². The van der Waals surface area contributed by atoms with Crippen LogP contribution in [0.1, 0.15) is 28.0 Å². The minimum atomic E-state index is -4.40. The molecule has 6 heteroatoms. The lowest BCUT2D eigenvalue weighted by Crippen LogP contribution is -2.08. The summed E-state index contributed by atoms with van der Waals surface area (Å²) < 4.78 is 44.9. The first kappa shape index (κ1) is 16.8. The third-order valence-corrected chi connectivity index (χ3v) is 5.69. The van der Waals surface area contributed by atoms with Crippen LogP contribution in [0.4, 0.5) is 13.2 Å². The quantitative estimate of drug-likeness (QED) is 0.415. The summed E-state index contributed by atoms with van der Waals surface area (Å²) in [4.78, 5) is 13.0. The van der Waals surface area contributed by atoms with E-state index in [1.165, 1.54) is 23.5 Å². The predicted molar refractivity (Wildman–Crippen MR) is 94.0 cm³/mol. The van der Waals surface area contributed by atoms with Gasteiger partial charge in [-0.2, -0.15) is 13.2 Å². The van der Waals surface area contributed by atoms with E-state index < -0.39 is 29.7 Å². The SMILES string of the molecule is C=C1C(=O)OC(c2ccc(C(F)(F)F)cc2)C1c1cc2ccccc2s1. The van der Waals surface area contributed by atoms with E-state index in [1.54, 1.807) is 0 Å². The molecule has 2 heterocycles. The molecule has 0 N–H and O–H groups in total. The highest BCUT2D eigenvalue weighted by Crippen LogP contribution is 2.48. The second-order valence-corrected chi connectivity index (χ2v) is 7.25. The maximum absolute atomic E-state index is 12.8. The van der Waals surface area contributed by atoms with Crippen molar-refractivity contribution in [1.82, 2.24) is 0 Å². The molecular formula is C20H13F3O2S. The summed E-state index contributed by atoms with van der Waals surface area (Å²) in [5.41, 5.74) is 0.108. The Hall–Kier alpha value is -2.60. The van der Waals surface area contributed by atoms with Crippen molar-refractivity contribution < 1.29 is 22.7 Å². The first-order valence-electron chi connectivity index (χ1n) is 7.90. The van der Waals surface area contributed by atoms with Crippen molar-refractivity contribution in [3.63, 3.8) is 0 Å². The molecule has 2 aromatic carbocycles. The Morgan fingerprint density at radius 3 is 2.38 bits per heavy atom. The van der Waals surface area contributed by atoms with Crippen LogP contribution in [0.5, 0.6) is 0 Å². The summed E-state index contributed by atoms with van der Waals surface area (Å²) in [5, 5.41) is 1.05. The Balaban J connectivity index is 1.74. The molecule has 1 fully saturated rings. The molecule has 0 bridgehead atoms. The Bertz CT molecular complexity index is 969. The van der Waals surface area contributed by atoms with Crippen molar-refractivity contribution in [1.29, 1.82) is 0 Å². The number of rotatable bonds is 2. The lowest BCUT2D eigenvalue weighted by atomic mass is 9.90. The average molecular weight is 374 g/mol. The normalized spacial score (nSPS) is 20.6. The lowest BCUT2D eigenvalue weighted by molar-refractivity contribution is -0.140. The Kier molecular flexibility index (Phi) is 3.88. The van der Waals surface area contributed by atoms with Crippen LogP contribution in [0.2, 0.25) is 0 Å². The van der Waals surface area contributed by atoms with Gasteiger partial charge in [-0.05, 0) is 35.2 Å². The fraction of sp³-hybridized carbons (Fsp3) is 0.150. The summed E-state index contributed by atoms with van der Waals surface area (Å²) >= 11 is 1.53. The van der Waals surface area contributed by atoms with Crippen molar-refractivity contribution in [3.05, 3.63) is 82.8 Å². The largest absolute Gasteiger partial charge is 0.453 e. The zero-order valence-corrected chi connectivity index (χ0v) is 14.2. The third-order valence-electron chi connectivity index (χ3n) is 4.49. The van der Waals surface area contributed by atoms with E-state index in [2.05, 4.69) is 6.58 Å². The maximum Gasteiger partial charge on any atom is 0.416 e. The van der Waals surface area contributed by atoms with Gasteiger partial charge < -0.3 is 4.74 Å². The highest BCUT2D eigenvalue weighted by atomic mass is 32.1. The molecule has 3 aromatic rings. The number of benzene rings is 2. The van der Waals surface area contributed by atoms with Crippen molar-refractivity contribution in [2.45, 2.75) is 18.2 Å². The van der Waals surface area contributed by atoms with Crippen LogP contribution in [0.25, 0.3) is 10.1 Å². The van der Waals surface area contributed by atoms with Crippen LogP contribution >= 0.6 is 11.3 Å². The topological polar surface area (TPSA) is 26.3 Å². The van der Waals surface area contributed by atoms with Gasteiger partial charge in [0, 0.05) is 15.2 Å². The second-order valence-electron chi connectivity index (χ2n) is 6.14. The molecule has 0 spiro atoms. The smallest absolute Gasteiger partial charge is 0.416 e. The highest BCUT2D eigenvalue weighted by Gasteiger charge is 2.42. The van der Waals surface area contributed by atoms with E-state index in [1.807, 2.05) is 30.3 Å². The number of cyclic esters (lactones) is 1. The lowest BCUT2D eigenvalue weighted by Gasteiger charge is -2.17. The van der Waals surface area contributed by atoms with Gasteiger partial charge in [0.1, 0.15) is 6.10 Å². The molecule has 4 rings (SSSR count). The first-order valence-corrected chi connectivity index (χ1v) is 8.71. The van der Waals surface area contributed by atoms with E-state index >= 15 is 0 Å². The molecule has 26 heavy (non-hydrogen) atoms. The zero-order valence-electron chi connectivity index (χ0n) is 13.4. The maximum atomic E-state index is 12.8. The number of esters is 1. The predicted octanol–water partition coefficient (Wildman–Crippen LogP) is 5.86. The number of fused-ring (bicyclic) bond motifs is 1. The van der Waals surface area contributed by atoms with E-state index in [4.69, 9.17) is 4.74 Å². The van der Waals surface area contributed by atoms with Gasteiger partial charge in [0.05, 0.1) is 11.5 Å². The van der Waals surface area contributed by atoms with Gasteiger partial charge in [0.15, 0.2) is 0 Å². The van der Waals surface area contributed by atoms with Crippen LogP contribution < -0.4 is 0 Å². The summed E-state index contributed by atoms with van der Waals surface area (Å²) in [5.74, 6) is -0.922. The number of hydrogen-bond donors (Lipinski definition) is 0. The molecule has 1 aromatic heterocycles. The number of carbonyl (C=O) groups is 1. The minimum Gasteiger partial charge on any atom is -0.453 e. The number of hydrogen-bond acceptors (Lipinski definition) is 3. The molecule has 2 unspecified atom stereocenters. The van der Waals surface area contributed by atoms with Gasteiger partial charge in [-0.25, -0.2) is 4.79 Å². The summed E-state index contributed by atoms with van der Waals surface area (Å²) in [6, 6.07) is 14.5. The molecule has 1 aliphatic heterocycles. The fourth-order valence-corrected chi connectivity index (χ4v) is 4.39. The van der Waals surface area contributed by atoms with Crippen LogP contribution in [0.3, 0.4) is 0 Å². The molecule has 1 aliphatic rings. The molecule has 0 aliphatic carbocycles. The van der Waals surface area contributed by atoms with Crippen LogP contribution in [-0.2, 0) is 15.7 Å². The number of ether oxygens (including phenoxy) is 1. The van der Waals surface area contributed by atoms with Crippen molar-refractivity contribution in [2.75, 3.05) is 0 Å². The fourth-order valence-electron chi connectivity index (χ4n) is 3.17. The van der Waals surface area contributed by atoms with Gasteiger partial charge >= 0.3 is 12.1 Å². The second kappa shape index (κ2) is 5.99. The number of carbonyl (C=O) groups excluding carboxylic acids is 1. The van der Waals surface area contributed by atoms with Gasteiger partial charge in [0.25, 0.3) is 0 Å². The number of alkyl halides is 3. The molecular weight excluding hydrogens is 361 g/mol. The molecule has 0 amide bonds. The van der Waals surface area contributed by atoms with E-state index in [0.29, 0.717) is 11.1 Å². The monoisotopic (exact) mass is 374 g/mol. The average Bonchev–Trinajstić information content (AvgIpc) is 3.15. The molecule has 0 radical (unpaired) electrons. The summed E-state index contributed by atoms with van der Waals surface area (Å²) in [7, 11) is 0. The summed E-state index contributed by atoms with van der Waals surface area (Å²) in [6.45, 7) is 3.85. The van der Waals surface area contributed by atoms with Gasteiger partial charge in [-0.1, -0.05) is 36.9 Å².